The number of hydrogen-bond acceptors (Lipinski definition) is 9. The van der Waals surface area contributed by atoms with Gasteiger partial charge in [0.2, 0.25) is 11.8 Å². The third kappa shape index (κ3) is 6.80. The molecule has 2 amide bonds. The minimum Gasteiger partial charge on any atom is -0.465 e. The average molecular weight is 427 g/mol. The number of hydrogen-bond donors (Lipinski definition) is 2. The van der Waals surface area contributed by atoms with E-state index in [2.05, 4.69) is 10.6 Å². The Bertz CT molecular complexity index is 737. The first-order valence-corrected chi connectivity index (χ1v) is 10.1. The number of esters is 2. The summed E-state index contributed by atoms with van der Waals surface area (Å²) in [6.45, 7) is 4.38. The molecule has 10 nitrogen and oxygen atoms in total. The molecule has 1 fully saturated rings. The fourth-order valence-corrected chi connectivity index (χ4v) is 3.48. The topological polar surface area (TPSA) is 123 Å². The van der Waals surface area contributed by atoms with Crippen molar-refractivity contribution in [3.8, 4) is 0 Å². The van der Waals surface area contributed by atoms with Crippen molar-refractivity contribution in [1.82, 2.24) is 10.2 Å². The molecule has 1 atom stereocenters. The van der Waals surface area contributed by atoms with Gasteiger partial charge in [-0.1, -0.05) is 0 Å². The second kappa shape index (κ2) is 11.5. The number of rotatable bonds is 9. The Labute approximate surface area is 172 Å². The van der Waals surface area contributed by atoms with E-state index in [4.69, 9.17) is 14.2 Å². The van der Waals surface area contributed by atoms with E-state index in [-0.39, 0.29) is 44.4 Å². The van der Waals surface area contributed by atoms with Gasteiger partial charge >= 0.3 is 11.9 Å². The monoisotopic (exact) mass is 427 g/mol. The van der Waals surface area contributed by atoms with Gasteiger partial charge in [-0.05, 0) is 25.3 Å². The van der Waals surface area contributed by atoms with Crippen LogP contribution in [-0.2, 0) is 28.6 Å². The molecule has 160 valence electrons. The fraction of sp³-hybridized carbons (Fsp3) is 0.556. The van der Waals surface area contributed by atoms with Gasteiger partial charge in [0.25, 0.3) is 0 Å². The molecule has 1 aliphatic heterocycles. The molecule has 1 unspecified atom stereocenters. The van der Waals surface area contributed by atoms with Gasteiger partial charge in [0.05, 0.1) is 38.5 Å². The second-order valence-corrected chi connectivity index (χ2v) is 6.93. The summed E-state index contributed by atoms with van der Waals surface area (Å²) in [6, 6.07) is 0.871. The van der Waals surface area contributed by atoms with Gasteiger partial charge in [0.1, 0.15) is 17.6 Å². The number of nitrogens with one attached hydrogen (secondary N) is 2. The van der Waals surface area contributed by atoms with E-state index in [9.17, 15) is 19.2 Å². The van der Waals surface area contributed by atoms with Crippen LogP contribution in [0.3, 0.4) is 0 Å². The average Bonchev–Trinajstić information content (AvgIpc) is 3.15. The zero-order valence-electron chi connectivity index (χ0n) is 16.4. The molecule has 0 aromatic carbocycles. The number of nitrogens with zero attached hydrogens (tertiary/aromatic N) is 1. The number of carbonyl (C=O) groups is 4. The quantitative estimate of drug-likeness (QED) is 0.538. The van der Waals surface area contributed by atoms with Crippen molar-refractivity contribution < 1.29 is 33.4 Å². The lowest BCUT2D eigenvalue weighted by atomic mass is 10.2. The molecule has 0 radical (unpaired) electrons. The molecule has 0 aliphatic carbocycles. The first-order chi connectivity index (χ1) is 14.0. The van der Waals surface area contributed by atoms with E-state index in [1.54, 1.807) is 30.2 Å². The van der Waals surface area contributed by atoms with Crippen LogP contribution in [0.4, 0.5) is 5.00 Å². The van der Waals surface area contributed by atoms with Gasteiger partial charge in [0.15, 0.2) is 0 Å². The van der Waals surface area contributed by atoms with Crippen LogP contribution in [0.5, 0.6) is 0 Å². The summed E-state index contributed by atoms with van der Waals surface area (Å²) in [6.07, 6.45) is 0. The summed E-state index contributed by atoms with van der Waals surface area (Å²) in [5.41, 5.74) is 0.288. The van der Waals surface area contributed by atoms with E-state index in [1.165, 1.54) is 11.3 Å². The van der Waals surface area contributed by atoms with Gasteiger partial charge in [-0.2, -0.15) is 0 Å². The molecule has 0 saturated carbocycles. The molecule has 0 spiro atoms. The van der Waals surface area contributed by atoms with Gasteiger partial charge in [-0.15, -0.1) is 11.3 Å². The van der Waals surface area contributed by atoms with E-state index >= 15 is 0 Å². The highest BCUT2D eigenvalue weighted by Gasteiger charge is 2.31. The van der Waals surface area contributed by atoms with Crippen LogP contribution >= 0.6 is 11.3 Å². The first-order valence-electron chi connectivity index (χ1n) is 9.25. The van der Waals surface area contributed by atoms with E-state index in [0.717, 1.165) is 0 Å². The maximum Gasteiger partial charge on any atom is 0.341 e. The predicted octanol–water partition coefficient (Wildman–Crippen LogP) is 0.243. The van der Waals surface area contributed by atoms with Crippen molar-refractivity contribution in [1.29, 1.82) is 0 Å². The normalized spacial score (nSPS) is 16.7. The minimum atomic E-state index is -0.711. The van der Waals surface area contributed by atoms with Crippen molar-refractivity contribution in [3.05, 3.63) is 17.0 Å². The van der Waals surface area contributed by atoms with Crippen LogP contribution in [0.1, 0.15) is 24.2 Å². The summed E-state index contributed by atoms with van der Waals surface area (Å²) in [5.74, 6) is -1.84. The van der Waals surface area contributed by atoms with Crippen molar-refractivity contribution in [2.75, 3.05) is 51.4 Å². The molecule has 1 saturated heterocycles. The molecule has 2 heterocycles. The number of thiophene rings is 1. The van der Waals surface area contributed by atoms with Gasteiger partial charge < -0.3 is 24.8 Å². The second-order valence-electron chi connectivity index (χ2n) is 6.02. The standard InChI is InChI=1S/C18H25N3O7S/c1-3-27-15(23)9-19-16(24)13-11-26-7-6-21(13)10-14(22)20-17-12(5-8-29-17)18(25)28-4-2/h5,8,13H,3-4,6-7,9-11H2,1-2H3,(H,19,24)(H,20,22). The maximum atomic E-state index is 12.5. The third-order valence-electron chi connectivity index (χ3n) is 4.01. The Kier molecular flexibility index (Phi) is 9.03. The Morgan fingerprint density at radius 3 is 2.72 bits per heavy atom. The summed E-state index contributed by atoms with van der Waals surface area (Å²) >= 11 is 1.21. The number of carbonyl (C=O) groups excluding carboxylic acids is 4. The smallest absolute Gasteiger partial charge is 0.341 e. The van der Waals surface area contributed by atoms with Gasteiger partial charge in [-0.3, -0.25) is 19.3 Å². The molecular formula is C18H25N3O7S. The Morgan fingerprint density at radius 2 is 2.00 bits per heavy atom. The lowest BCUT2D eigenvalue weighted by molar-refractivity contribution is -0.145. The highest BCUT2D eigenvalue weighted by Crippen LogP contribution is 2.24. The molecule has 1 aromatic rings. The lowest BCUT2D eigenvalue weighted by Gasteiger charge is -2.33. The first kappa shape index (κ1) is 22.8. The number of anilines is 1. The van der Waals surface area contributed by atoms with Gasteiger partial charge in [0, 0.05) is 6.54 Å². The highest BCUT2D eigenvalue weighted by atomic mass is 32.1. The summed E-state index contributed by atoms with van der Waals surface area (Å²) < 4.78 is 15.1. The molecule has 1 aromatic heterocycles. The molecular weight excluding hydrogens is 402 g/mol. The zero-order chi connectivity index (χ0) is 21.2. The molecule has 11 heteroatoms. The third-order valence-corrected chi connectivity index (χ3v) is 4.84. The van der Waals surface area contributed by atoms with E-state index in [0.29, 0.717) is 18.2 Å². The maximum absolute atomic E-state index is 12.5. The van der Waals surface area contributed by atoms with Crippen molar-refractivity contribution in [3.63, 3.8) is 0 Å². The Balaban J connectivity index is 1.93. The summed E-state index contributed by atoms with van der Waals surface area (Å²) in [5, 5.41) is 7.27. The number of amides is 2. The van der Waals surface area contributed by atoms with E-state index in [1.807, 2.05) is 0 Å². The van der Waals surface area contributed by atoms with Crippen LogP contribution in [0.2, 0.25) is 0 Å². The van der Waals surface area contributed by atoms with Crippen LogP contribution in [0.25, 0.3) is 0 Å². The molecule has 2 N–H and O–H groups in total. The largest absolute Gasteiger partial charge is 0.465 e. The fourth-order valence-electron chi connectivity index (χ4n) is 2.68. The molecule has 0 bridgehead atoms. The van der Waals surface area contributed by atoms with Gasteiger partial charge in [-0.25, -0.2) is 4.79 Å². The Hall–Kier alpha value is -2.50. The lowest BCUT2D eigenvalue weighted by Crippen LogP contribution is -2.56. The van der Waals surface area contributed by atoms with Crippen molar-refractivity contribution in [2.45, 2.75) is 19.9 Å². The zero-order valence-corrected chi connectivity index (χ0v) is 17.2. The summed E-state index contributed by atoms with van der Waals surface area (Å²) in [4.78, 5) is 49.9. The van der Waals surface area contributed by atoms with Crippen LogP contribution in [-0.4, -0.2) is 80.8 Å². The number of ether oxygens (including phenoxy) is 3. The Morgan fingerprint density at radius 1 is 1.24 bits per heavy atom. The highest BCUT2D eigenvalue weighted by molar-refractivity contribution is 7.14. The molecule has 1 aliphatic rings. The van der Waals surface area contributed by atoms with Crippen LogP contribution in [0.15, 0.2) is 11.4 Å². The van der Waals surface area contributed by atoms with Crippen molar-refractivity contribution >= 4 is 40.1 Å². The van der Waals surface area contributed by atoms with E-state index < -0.39 is 23.9 Å². The summed E-state index contributed by atoms with van der Waals surface area (Å²) in [7, 11) is 0. The van der Waals surface area contributed by atoms with Crippen LogP contribution < -0.4 is 10.6 Å². The minimum absolute atomic E-state index is 0.0684. The SMILES string of the molecule is CCOC(=O)CNC(=O)C1COCCN1CC(=O)Nc1sccc1C(=O)OCC. The van der Waals surface area contributed by atoms with Crippen LogP contribution in [0, 0.1) is 0 Å². The molecule has 29 heavy (non-hydrogen) atoms. The van der Waals surface area contributed by atoms with Crippen molar-refractivity contribution in [2.24, 2.45) is 0 Å². The number of morpholine rings is 1. The predicted molar refractivity (Wildman–Crippen MR) is 105 cm³/mol. The molecule has 2 rings (SSSR count).